The first-order valence-electron chi connectivity index (χ1n) is 9.91. The van der Waals surface area contributed by atoms with Gasteiger partial charge in [-0.2, -0.15) is 0 Å². The summed E-state index contributed by atoms with van der Waals surface area (Å²) in [5.41, 5.74) is 0.783. The first-order valence-corrected chi connectivity index (χ1v) is 12.0. The van der Waals surface area contributed by atoms with Gasteiger partial charge in [0, 0.05) is 18.3 Å². The normalized spacial score (nSPS) is 11.8. The molecule has 0 saturated heterocycles. The lowest BCUT2D eigenvalue weighted by molar-refractivity contribution is -0.384. The molecule has 0 aliphatic rings. The van der Waals surface area contributed by atoms with Crippen molar-refractivity contribution in [2.75, 3.05) is 5.32 Å². The zero-order valence-electron chi connectivity index (χ0n) is 17.3. The summed E-state index contributed by atoms with van der Waals surface area (Å²) in [4.78, 5) is 24.9. The molecule has 0 saturated carbocycles. The van der Waals surface area contributed by atoms with E-state index in [0.717, 1.165) is 16.3 Å². The largest absolute Gasteiger partial charge is 0.325 e. The number of nitro groups is 1. The number of thiophene rings is 1. The van der Waals surface area contributed by atoms with Crippen molar-refractivity contribution in [2.24, 2.45) is 0 Å². The molecule has 1 amide bonds. The van der Waals surface area contributed by atoms with Gasteiger partial charge in [0.15, 0.2) is 11.0 Å². The number of rotatable bonds is 8. The highest BCUT2D eigenvalue weighted by Gasteiger charge is 2.26. The number of hydrogen-bond acceptors (Lipinski definition) is 7. The van der Waals surface area contributed by atoms with Crippen molar-refractivity contribution in [3.63, 3.8) is 0 Å². The third kappa shape index (κ3) is 5.08. The van der Waals surface area contributed by atoms with Crippen LogP contribution in [-0.2, 0) is 11.3 Å². The SMILES string of the molecule is CCn1c(SC(C(=O)Nc2ccc(Cl)c([N+](=O)[O-])c2)c2ccccc2)nnc1-c1cccs1. The van der Waals surface area contributed by atoms with E-state index in [1.54, 1.807) is 11.3 Å². The maximum Gasteiger partial charge on any atom is 0.289 e. The van der Waals surface area contributed by atoms with Gasteiger partial charge in [-0.15, -0.1) is 21.5 Å². The highest BCUT2D eigenvalue weighted by molar-refractivity contribution is 8.00. The van der Waals surface area contributed by atoms with E-state index in [1.165, 1.54) is 30.0 Å². The Bertz CT molecular complexity index is 1280. The highest BCUT2D eigenvalue weighted by atomic mass is 35.5. The topological polar surface area (TPSA) is 103 Å². The minimum Gasteiger partial charge on any atom is -0.325 e. The molecule has 0 bridgehead atoms. The predicted octanol–water partition coefficient (Wildman–Crippen LogP) is 6.06. The number of nitro benzene ring substituents is 1. The van der Waals surface area contributed by atoms with E-state index >= 15 is 0 Å². The summed E-state index contributed by atoms with van der Waals surface area (Å²) in [7, 11) is 0. The average molecular weight is 500 g/mol. The summed E-state index contributed by atoms with van der Waals surface area (Å²) in [5, 5.41) is 24.6. The number of carbonyl (C=O) groups excluding carboxylic acids is 1. The molecule has 0 aliphatic heterocycles. The summed E-state index contributed by atoms with van der Waals surface area (Å²) < 4.78 is 1.97. The van der Waals surface area contributed by atoms with Crippen LogP contribution in [0, 0.1) is 10.1 Å². The Morgan fingerprint density at radius 1 is 1.21 bits per heavy atom. The van der Waals surface area contributed by atoms with E-state index < -0.39 is 10.2 Å². The van der Waals surface area contributed by atoms with Gasteiger partial charge < -0.3 is 9.88 Å². The first-order chi connectivity index (χ1) is 16.0. The van der Waals surface area contributed by atoms with Crippen LogP contribution in [0.5, 0.6) is 0 Å². The number of hydrogen-bond donors (Lipinski definition) is 1. The van der Waals surface area contributed by atoms with Crippen LogP contribution in [0.1, 0.15) is 17.7 Å². The summed E-state index contributed by atoms with van der Waals surface area (Å²) in [6, 6.07) is 17.4. The quantitative estimate of drug-likeness (QED) is 0.179. The molecule has 0 fully saturated rings. The summed E-state index contributed by atoms with van der Waals surface area (Å²) in [5.74, 6) is 0.404. The zero-order chi connectivity index (χ0) is 23.4. The van der Waals surface area contributed by atoms with Gasteiger partial charge in [-0.05, 0) is 36.1 Å². The monoisotopic (exact) mass is 499 g/mol. The number of benzene rings is 2. The van der Waals surface area contributed by atoms with Crippen molar-refractivity contribution >= 4 is 52.0 Å². The van der Waals surface area contributed by atoms with Gasteiger partial charge in [0.05, 0.1) is 9.80 Å². The van der Waals surface area contributed by atoms with E-state index in [0.29, 0.717) is 11.7 Å². The molecule has 0 spiro atoms. The van der Waals surface area contributed by atoms with Crippen molar-refractivity contribution in [1.29, 1.82) is 0 Å². The van der Waals surface area contributed by atoms with Crippen molar-refractivity contribution in [2.45, 2.75) is 23.9 Å². The Hall–Kier alpha value is -3.21. The van der Waals surface area contributed by atoms with Gasteiger partial charge in [-0.25, -0.2) is 0 Å². The second kappa shape index (κ2) is 10.2. The Labute approximate surface area is 202 Å². The second-order valence-corrected chi connectivity index (χ2v) is 9.28. The fourth-order valence-electron chi connectivity index (χ4n) is 3.19. The third-order valence-corrected chi connectivity index (χ3v) is 7.17. The Morgan fingerprint density at radius 3 is 2.67 bits per heavy atom. The minimum atomic E-state index is -0.661. The fourth-order valence-corrected chi connectivity index (χ4v) is 5.20. The van der Waals surface area contributed by atoms with Gasteiger partial charge in [-0.1, -0.05) is 59.8 Å². The number of amides is 1. The lowest BCUT2D eigenvalue weighted by Gasteiger charge is -2.17. The summed E-state index contributed by atoms with van der Waals surface area (Å²) in [6.07, 6.45) is 0. The molecule has 2 aromatic carbocycles. The number of anilines is 1. The third-order valence-electron chi connectivity index (χ3n) is 4.75. The Morgan fingerprint density at radius 2 is 2.00 bits per heavy atom. The maximum atomic E-state index is 13.3. The first kappa shape index (κ1) is 23.0. The van der Waals surface area contributed by atoms with E-state index in [-0.39, 0.29) is 22.3 Å². The van der Waals surface area contributed by atoms with Gasteiger partial charge in [-0.3, -0.25) is 14.9 Å². The molecular formula is C22H18ClN5O3S2. The molecule has 4 rings (SSSR count). The van der Waals surface area contributed by atoms with E-state index in [4.69, 9.17) is 11.6 Å². The van der Waals surface area contributed by atoms with Gasteiger partial charge in [0.1, 0.15) is 10.3 Å². The molecule has 8 nitrogen and oxygen atoms in total. The Kier molecular flexibility index (Phi) is 7.07. The van der Waals surface area contributed by atoms with Crippen LogP contribution in [0.2, 0.25) is 5.02 Å². The highest BCUT2D eigenvalue weighted by Crippen LogP contribution is 2.38. The lowest BCUT2D eigenvalue weighted by atomic mass is 10.1. The standard InChI is InChI=1S/C22H18ClN5O3S2/c1-2-27-20(18-9-6-12-32-18)25-26-22(27)33-19(14-7-4-3-5-8-14)21(29)24-15-10-11-16(23)17(13-15)28(30)31/h3-13,19H,2H2,1H3,(H,24,29). The van der Waals surface area contributed by atoms with Crippen LogP contribution in [0.3, 0.4) is 0 Å². The van der Waals surface area contributed by atoms with Crippen LogP contribution >= 0.6 is 34.7 Å². The van der Waals surface area contributed by atoms with Crippen molar-refractivity contribution in [3.05, 3.63) is 86.7 Å². The molecule has 168 valence electrons. The lowest BCUT2D eigenvalue weighted by Crippen LogP contribution is -2.19. The zero-order valence-corrected chi connectivity index (χ0v) is 19.7. The predicted molar refractivity (Wildman–Crippen MR) is 131 cm³/mol. The minimum absolute atomic E-state index is 0.00383. The maximum absolute atomic E-state index is 13.3. The van der Waals surface area contributed by atoms with Crippen LogP contribution in [0.15, 0.2) is 71.2 Å². The molecule has 1 atom stereocenters. The van der Waals surface area contributed by atoms with Gasteiger partial charge in [0.25, 0.3) is 5.69 Å². The summed E-state index contributed by atoms with van der Waals surface area (Å²) >= 11 is 8.74. The number of thioether (sulfide) groups is 1. The fraction of sp³-hybridized carbons (Fsp3) is 0.136. The number of aromatic nitrogens is 3. The number of halogens is 1. The molecule has 0 aliphatic carbocycles. The molecule has 33 heavy (non-hydrogen) atoms. The molecule has 2 heterocycles. The van der Waals surface area contributed by atoms with E-state index in [1.807, 2.05) is 59.3 Å². The molecule has 0 radical (unpaired) electrons. The van der Waals surface area contributed by atoms with Crippen LogP contribution in [-0.4, -0.2) is 25.6 Å². The van der Waals surface area contributed by atoms with Crippen LogP contribution < -0.4 is 5.32 Å². The van der Waals surface area contributed by atoms with Crippen molar-refractivity contribution in [1.82, 2.24) is 14.8 Å². The van der Waals surface area contributed by atoms with Gasteiger partial charge in [0.2, 0.25) is 5.91 Å². The van der Waals surface area contributed by atoms with Crippen molar-refractivity contribution in [3.8, 4) is 10.7 Å². The molecular weight excluding hydrogens is 482 g/mol. The van der Waals surface area contributed by atoms with Crippen molar-refractivity contribution < 1.29 is 9.72 Å². The van der Waals surface area contributed by atoms with Gasteiger partial charge >= 0.3 is 0 Å². The van der Waals surface area contributed by atoms with E-state index in [2.05, 4.69) is 15.5 Å². The van der Waals surface area contributed by atoms with E-state index in [9.17, 15) is 14.9 Å². The van der Waals surface area contributed by atoms with Crippen LogP contribution in [0.25, 0.3) is 10.7 Å². The summed E-state index contributed by atoms with van der Waals surface area (Å²) in [6.45, 7) is 2.63. The number of nitrogens with zero attached hydrogens (tertiary/aromatic N) is 4. The number of carbonyl (C=O) groups is 1. The Balaban J connectivity index is 1.65. The smallest absolute Gasteiger partial charge is 0.289 e. The molecule has 1 N–H and O–H groups in total. The molecule has 2 aromatic heterocycles. The molecule has 4 aromatic rings. The van der Waals surface area contributed by atoms with Crippen LogP contribution in [0.4, 0.5) is 11.4 Å². The average Bonchev–Trinajstić information content (AvgIpc) is 3.48. The number of nitrogens with one attached hydrogen (secondary N) is 1. The molecule has 1 unspecified atom stereocenters. The second-order valence-electron chi connectivity index (χ2n) is 6.85. The molecule has 11 heteroatoms.